The van der Waals surface area contributed by atoms with Crippen molar-refractivity contribution in [2.45, 2.75) is 43.5 Å². The zero-order chi connectivity index (χ0) is 23.1. The van der Waals surface area contributed by atoms with Gasteiger partial charge in [-0.25, -0.2) is 8.42 Å². The van der Waals surface area contributed by atoms with Crippen LogP contribution in [0.3, 0.4) is 0 Å². The van der Waals surface area contributed by atoms with Crippen molar-refractivity contribution in [1.29, 1.82) is 0 Å². The molecule has 0 fully saturated rings. The lowest BCUT2D eigenvalue weighted by molar-refractivity contribution is 0.0920. The number of amides is 2. The summed E-state index contributed by atoms with van der Waals surface area (Å²) in [6, 6.07) is 18.1. The lowest BCUT2D eigenvalue weighted by Gasteiger charge is -2.12. The number of carbonyl (C=O) groups is 2. The Labute approximate surface area is 187 Å². The Morgan fingerprint density at radius 1 is 0.969 bits per heavy atom. The van der Waals surface area contributed by atoms with Gasteiger partial charge in [-0.15, -0.1) is 0 Å². The van der Waals surface area contributed by atoms with Crippen LogP contribution >= 0.6 is 0 Å². The molecule has 0 radical (unpaired) electrons. The van der Waals surface area contributed by atoms with Crippen molar-refractivity contribution in [3.63, 3.8) is 0 Å². The molecule has 0 aliphatic heterocycles. The van der Waals surface area contributed by atoms with E-state index in [2.05, 4.69) is 10.6 Å². The van der Waals surface area contributed by atoms with Gasteiger partial charge in [-0.3, -0.25) is 9.59 Å². The first kappa shape index (κ1) is 23.3. The summed E-state index contributed by atoms with van der Waals surface area (Å²) >= 11 is 0. The van der Waals surface area contributed by atoms with E-state index in [4.69, 9.17) is 4.42 Å². The summed E-state index contributed by atoms with van der Waals surface area (Å²) in [4.78, 5) is 24.9. The quantitative estimate of drug-likeness (QED) is 0.513. The van der Waals surface area contributed by atoms with Crippen molar-refractivity contribution in [2.24, 2.45) is 0 Å². The first-order valence-corrected chi connectivity index (χ1v) is 12.0. The summed E-state index contributed by atoms with van der Waals surface area (Å²) in [7, 11) is -3.57. The van der Waals surface area contributed by atoms with Crippen LogP contribution in [0, 0.1) is 0 Å². The summed E-state index contributed by atoms with van der Waals surface area (Å²) in [5.41, 5.74) is 1.28. The molecule has 0 bridgehead atoms. The van der Waals surface area contributed by atoms with Gasteiger partial charge in [-0.05, 0) is 55.3 Å². The molecular weight excluding hydrogens is 428 g/mol. The molecule has 1 atom stereocenters. The maximum absolute atomic E-state index is 12.5. The van der Waals surface area contributed by atoms with Crippen LogP contribution in [0.5, 0.6) is 0 Å². The summed E-state index contributed by atoms with van der Waals surface area (Å²) in [5, 5.41) is 5.63. The largest absolute Gasteiger partial charge is 0.455 e. The first-order valence-electron chi connectivity index (χ1n) is 10.3. The number of nitrogens with one attached hydrogen (secondary N) is 2. The highest BCUT2D eigenvalue weighted by molar-refractivity contribution is 7.90. The number of rotatable bonds is 9. The van der Waals surface area contributed by atoms with Gasteiger partial charge in [-0.2, -0.15) is 0 Å². The summed E-state index contributed by atoms with van der Waals surface area (Å²) in [6.07, 6.45) is 0.833. The third-order valence-corrected chi connectivity index (χ3v) is 6.61. The monoisotopic (exact) mass is 454 g/mol. The van der Waals surface area contributed by atoms with E-state index in [9.17, 15) is 18.0 Å². The van der Waals surface area contributed by atoms with Gasteiger partial charge in [-0.1, -0.05) is 37.3 Å². The van der Waals surface area contributed by atoms with Crippen molar-refractivity contribution in [3.8, 4) is 0 Å². The molecule has 1 aromatic heterocycles. The standard InChI is InChI=1S/C24H26N2O5S/c1-3-17(2)26-23(27)19-9-7-8-18(14-19)15-25-24(28)22-13-12-20(31-22)16-32(29,30)21-10-5-4-6-11-21/h4-14,17H,3,15-16H2,1-2H3,(H,25,28)(H,26,27). The van der Waals surface area contributed by atoms with Crippen LogP contribution in [0.1, 0.15) is 52.5 Å². The molecule has 0 saturated heterocycles. The van der Waals surface area contributed by atoms with Gasteiger partial charge in [0.05, 0.1) is 4.90 Å². The minimum atomic E-state index is -3.57. The fourth-order valence-electron chi connectivity index (χ4n) is 2.98. The fraction of sp³-hybridized carbons (Fsp3) is 0.250. The van der Waals surface area contributed by atoms with E-state index in [-0.39, 0.29) is 40.7 Å². The maximum Gasteiger partial charge on any atom is 0.287 e. The third-order valence-electron chi connectivity index (χ3n) is 4.95. The molecule has 0 saturated carbocycles. The molecular formula is C24H26N2O5S. The SMILES string of the molecule is CCC(C)NC(=O)c1cccc(CNC(=O)c2ccc(CS(=O)(=O)c3ccccc3)o2)c1. The van der Waals surface area contributed by atoms with Crippen LogP contribution in [-0.2, 0) is 22.1 Å². The highest BCUT2D eigenvalue weighted by atomic mass is 32.2. The van der Waals surface area contributed by atoms with Crippen LogP contribution in [-0.4, -0.2) is 26.3 Å². The second kappa shape index (κ2) is 10.3. The topological polar surface area (TPSA) is 105 Å². The Kier molecular flexibility index (Phi) is 7.48. The lowest BCUT2D eigenvalue weighted by atomic mass is 10.1. The number of benzene rings is 2. The van der Waals surface area contributed by atoms with E-state index in [1.54, 1.807) is 42.5 Å². The van der Waals surface area contributed by atoms with Crippen molar-refractivity contribution in [1.82, 2.24) is 10.6 Å². The molecule has 2 aromatic carbocycles. The van der Waals surface area contributed by atoms with Crippen molar-refractivity contribution in [3.05, 3.63) is 89.4 Å². The molecule has 3 rings (SSSR count). The van der Waals surface area contributed by atoms with Crippen LogP contribution in [0.25, 0.3) is 0 Å². The average Bonchev–Trinajstić information content (AvgIpc) is 3.26. The minimum absolute atomic E-state index is 0.0222. The van der Waals surface area contributed by atoms with Gasteiger partial charge in [0.25, 0.3) is 11.8 Å². The van der Waals surface area contributed by atoms with Crippen LogP contribution in [0.4, 0.5) is 0 Å². The average molecular weight is 455 g/mol. The molecule has 7 nitrogen and oxygen atoms in total. The van der Waals surface area contributed by atoms with Crippen molar-refractivity contribution < 1.29 is 22.4 Å². The van der Waals surface area contributed by atoms with E-state index in [0.717, 1.165) is 12.0 Å². The molecule has 0 aliphatic carbocycles. The van der Waals surface area contributed by atoms with Gasteiger partial charge in [0, 0.05) is 18.2 Å². The molecule has 2 N–H and O–H groups in total. The van der Waals surface area contributed by atoms with Crippen LogP contribution in [0.15, 0.2) is 76.0 Å². The number of carbonyl (C=O) groups excluding carboxylic acids is 2. The van der Waals surface area contributed by atoms with Crippen molar-refractivity contribution >= 4 is 21.7 Å². The third kappa shape index (κ3) is 6.07. The minimum Gasteiger partial charge on any atom is -0.455 e. The van der Waals surface area contributed by atoms with Crippen molar-refractivity contribution in [2.75, 3.05) is 0 Å². The van der Waals surface area contributed by atoms with E-state index in [0.29, 0.717) is 5.56 Å². The Balaban J connectivity index is 1.60. The van der Waals surface area contributed by atoms with Gasteiger partial charge < -0.3 is 15.1 Å². The molecule has 168 valence electrons. The number of sulfone groups is 1. The lowest BCUT2D eigenvalue weighted by Crippen LogP contribution is -2.32. The van der Waals surface area contributed by atoms with E-state index >= 15 is 0 Å². The summed E-state index contributed by atoms with van der Waals surface area (Å²) in [5.74, 6) is -0.764. The second-order valence-corrected chi connectivity index (χ2v) is 9.49. The Bertz CT molecular complexity index is 1190. The van der Waals surface area contributed by atoms with E-state index < -0.39 is 15.7 Å². The van der Waals surface area contributed by atoms with Gasteiger partial charge in [0.1, 0.15) is 11.5 Å². The fourth-order valence-corrected chi connectivity index (χ4v) is 4.25. The highest BCUT2D eigenvalue weighted by Crippen LogP contribution is 2.18. The normalized spacial score (nSPS) is 12.2. The molecule has 0 spiro atoms. The maximum atomic E-state index is 12.5. The van der Waals surface area contributed by atoms with Gasteiger partial charge >= 0.3 is 0 Å². The van der Waals surface area contributed by atoms with Crippen LogP contribution in [0.2, 0.25) is 0 Å². The Morgan fingerprint density at radius 3 is 2.44 bits per heavy atom. The van der Waals surface area contributed by atoms with E-state index in [1.807, 2.05) is 13.8 Å². The molecule has 0 aliphatic rings. The second-order valence-electron chi connectivity index (χ2n) is 7.50. The predicted octanol–water partition coefficient (Wildman–Crippen LogP) is 3.71. The smallest absolute Gasteiger partial charge is 0.287 e. The van der Waals surface area contributed by atoms with Gasteiger partial charge in [0.2, 0.25) is 0 Å². The van der Waals surface area contributed by atoms with E-state index in [1.165, 1.54) is 24.3 Å². The molecule has 1 heterocycles. The number of furan rings is 1. The molecule has 1 unspecified atom stereocenters. The molecule has 8 heteroatoms. The molecule has 2 amide bonds. The summed E-state index contributed by atoms with van der Waals surface area (Å²) < 4.78 is 30.4. The highest BCUT2D eigenvalue weighted by Gasteiger charge is 2.19. The van der Waals surface area contributed by atoms with Gasteiger partial charge in [0.15, 0.2) is 15.6 Å². The Morgan fingerprint density at radius 2 is 1.72 bits per heavy atom. The number of hydrogen-bond acceptors (Lipinski definition) is 5. The summed E-state index contributed by atoms with van der Waals surface area (Å²) in [6.45, 7) is 4.13. The molecule has 32 heavy (non-hydrogen) atoms. The predicted molar refractivity (Wildman–Crippen MR) is 121 cm³/mol. The Hall–Kier alpha value is -3.39. The van der Waals surface area contributed by atoms with Crippen LogP contribution < -0.4 is 10.6 Å². The molecule has 3 aromatic rings. The zero-order valence-electron chi connectivity index (χ0n) is 18.0. The zero-order valence-corrected chi connectivity index (χ0v) is 18.8. The first-order chi connectivity index (χ1) is 15.3. The number of hydrogen-bond donors (Lipinski definition) is 2.